The zero-order valence-corrected chi connectivity index (χ0v) is 20.9. The molecule has 0 unspecified atom stereocenters. The van der Waals surface area contributed by atoms with Crippen molar-refractivity contribution in [2.45, 2.75) is 25.9 Å². The van der Waals surface area contributed by atoms with E-state index in [1.54, 1.807) is 24.3 Å². The van der Waals surface area contributed by atoms with Crippen molar-refractivity contribution in [3.05, 3.63) is 73.9 Å². The Morgan fingerprint density at radius 1 is 1.05 bits per heavy atom. The van der Waals surface area contributed by atoms with Crippen LogP contribution in [0.4, 0.5) is 13.2 Å². The summed E-state index contributed by atoms with van der Waals surface area (Å²) in [5, 5.41) is 9.70. The molecular weight excluding hydrogens is 533 g/mol. The average Bonchev–Trinajstić information content (AvgIpc) is 3.21. The van der Waals surface area contributed by atoms with Gasteiger partial charge in [0.2, 0.25) is 0 Å². The first-order valence-corrected chi connectivity index (χ1v) is 11.6. The molecule has 1 N–H and O–H groups in total. The van der Waals surface area contributed by atoms with E-state index in [1.165, 1.54) is 24.8 Å². The first-order chi connectivity index (χ1) is 18.0. The van der Waals surface area contributed by atoms with Crippen LogP contribution >= 0.6 is 11.6 Å². The number of benzene rings is 2. The molecule has 0 aliphatic rings. The first-order valence-electron chi connectivity index (χ1n) is 11.2. The number of aliphatic hydroxyl groups excluding tert-OH is 1. The predicted octanol–water partition coefficient (Wildman–Crippen LogP) is 3.68. The zero-order valence-electron chi connectivity index (χ0n) is 20.2. The van der Waals surface area contributed by atoms with Crippen molar-refractivity contribution in [1.82, 2.24) is 18.7 Å². The molecule has 0 atom stereocenters. The average molecular weight is 555 g/mol. The number of ether oxygens (including phenoxy) is 3. The monoisotopic (exact) mass is 554 g/mol. The Kier molecular flexibility index (Phi) is 7.69. The molecule has 202 valence electrons. The Bertz CT molecular complexity index is 1580. The van der Waals surface area contributed by atoms with Crippen LogP contribution in [0.25, 0.3) is 11.2 Å². The van der Waals surface area contributed by atoms with Crippen LogP contribution in [0.5, 0.6) is 23.3 Å². The van der Waals surface area contributed by atoms with Gasteiger partial charge in [-0.2, -0.15) is 4.98 Å². The number of methoxy groups -OCH3 is 1. The minimum absolute atomic E-state index is 0.00845. The summed E-state index contributed by atoms with van der Waals surface area (Å²) in [6.45, 7) is -0.232. The molecule has 4 aromatic rings. The van der Waals surface area contributed by atoms with Gasteiger partial charge >= 0.3 is 18.1 Å². The Labute approximate surface area is 218 Å². The van der Waals surface area contributed by atoms with Gasteiger partial charge < -0.3 is 19.3 Å². The van der Waals surface area contributed by atoms with Crippen LogP contribution in [0, 0.1) is 0 Å². The Morgan fingerprint density at radius 2 is 1.76 bits per heavy atom. The fourth-order valence-corrected chi connectivity index (χ4v) is 3.93. The van der Waals surface area contributed by atoms with Crippen molar-refractivity contribution in [2.24, 2.45) is 7.05 Å². The first kappa shape index (κ1) is 27.1. The zero-order chi connectivity index (χ0) is 27.6. The maximum absolute atomic E-state index is 13.4. The van der Waals surface area contributed by atoms with E-state index >= 15 is 0 Å². The lowest BCUT2D eigenvalue weighted by atomic mass is 10.2. The molecule has 4 rings (SSSR count). The van der Waals surface area contributed by atoms with Gasteiger partial charge in [0.25, 0.3) is 5.56 Å². The highest BCUT2D eigenvalue weighted by atomic mass is 35.5. The van der Waals surface area contributed by atoms with Gasteiger partial charge in [0.15, 0.2) is 22.7 Å². The number of rotatable bonds is 9. The van der Waals surface area contributed by atoms with E-state index in [9.17, 15) is 27.9 Å². The van der Waals surface area contributed by atoms with Crippen molar-refractivity contribution >= 4 is 22.8 Å². The summed E-state index contributed by atoms with van der Waals surface area (Å²) in [5.74, 6) is -0.668. The molecule has 0 saturated heterocycles. The van der Waals surface area contributed by atoms with Gasteiger partial charge in [0.1, 0.15) is 5.75 Å². The third-order valence-corrected chi connectivity index (χ3v) is 5.81. The lowest BCUT2D eigenvalue weighted by Crippen LogP contribution is -2.39. The van der Waals surface area contributed by atoms with Gasteiger partial charge in [0.05, 0.1) is 13.7 Å². The number of halogens is 4. The van der Waals surface area contributed by atoms with Gasteiger partial charge in [-0.05, 0) is 36.2 Å². The highest BCUT2D eigenvalue weighted by Crippen LogP contribution is 2.37. The molecule has 2 heterocycles. The van der Waals surface area contributed by atoms with Crippen LogP contribution in [-0.2, 0) is 20.1 Å². The standard InChI is InChI=1S/C24H22ClF3N4O6/c1-30-20-19(21(34)31(23(30)35)10-3-11-33)32(13-14-4-6-15(25)7-5-14)22(29-20)37-18-12-16(38-24(26,27)28)8-9-17(18)36-2/h4-9,12,33H,3,10-11,13H2,1-2H3. The molecule has 0 aliphatic carbocycles. The molecular formula is C24H22ClF3N4O6. The molecule has 0 aliphatic heterocycles. The molecule has 2 aromatic heterocycles. The van der Waals surface area contributed by atoms with Crippen LogP contribution in [0.3, 0.4) is 0 Å². The van der Waals surface area contributed by atoms with E-state index in [1.807, 2.05) is 0 Å². The molecule has 0 saturated carbocycles. The summed E-state index contributed by atoms with van der Waals surface area (Å²) in [4.78, 5) is 30.6. The van der Waals surface area contributed by atoms with Crippen molar-refractivity contribution in [1.29, 1.82) is 0 Å². The maximum atomic E-state index is 13.4. The summed E-state index contributed by atoms with van der Waals surface area (Å²) >= 11 is 5.99. The highest BCUT2D eigenvalue weighted by molar-refractivity contribution is 6.30. The predicted molar refractivity (Wildman–Crippen MR) is 131 cm³/mol. The largest absolute Gasteiger partial charge is 0.573 e. The lowest BCUT2D eigenvalue weighted by Gasteiger charge is -2.14. The molecule has 14 heteroatoms. The number of fused-ring (bicyclic) bond motifs is 1. The lowest BCUT2D eigenvalue weighted by molar-refractivity contribution is -0.274. The molecule has 0 radical (unpaired) electrons. The topological polar surface area (TPSA) is 110 Å². The van der Waals surface area contributed by atoms with Crippen LogP contribution in [0.1, 0.15) is 12.0 Å². The molecule has 10 nitrogen and oxygen atoms in total. The molecule has 0 amide bonds. The van der Waals surface area contributed by atoms with E-state index in [0.29, 0.717) is 10.6 Å². The smallest absolute Gasteiger partial charge is 0.493 e. The second-order valence-electron chi connectivity index (χ2n) is 8.12. The fraction of sp³-hybridized carbons (Fsp3) is 0.292. The second kappa shape index (κ2) is 10.8. The normalized spacial score (nSPS) is 11.7. The minimum Gasteiger partial charge on any atom is -0.493 e. The van der Waals surface area contributed by atoms with Gasteiger partial charge in [-0.15, -0.1) is 13.2 Å². The van der Waals surface area contributed by atoms with Gasteiger partial charge in [-0.25, -0.2) is 4.79 Å². The maximum Gasteiger partial charge on any atom is 0.573 e. The SMILES string of the molecule is COc1ccc(OC(F)(F)F)cc1Oc1nc2c(c(=O)n(CCCO)c(=O)n2C)n1Cc1ccc(Cl)cc1. The number of nitrogens with zero attached hydrogens (tertiary/aromatic N) is 4. The quantitative estimate of drug-likeness (QED) is 0.336. The Hall–Kier alpha value is -3.97. The third kappa shape index (κ3) is 5.63. The molecule has 0 spiro atoms. The third-order valence-electron chi connectivity index (χ3n) is 5.56. The summed E-state index contributed by atoms with van der Waals surface area (Å²) in [5.41, 5.74) is -0.636. The van der Waals surface area contributed by atoms with E-state index in [2.05, 4.69) is 9.72 Å². The molecule has 0 bridgehead atoms. The van der Waals surface area contributed by atoms with E-state index < -0.39 is 23.4 Å². The second-order valence-corrected chi connectivity index (χ2v) is 8.55. The highest BCUT2D eigenvalue weighted by Gasteiger charge is 2.32. The van der Waals surface area contributed by atoms with Crippen LogP contribution in [0.2, 0.25) is 5.02 Å². The Morgan fingerprint density at radius 3 is 2.39 bits per heavy atom. The fourth-order valence-electron chi connectivity index (χ4n) is 3.81. The van der Waals surface area contributed by atoms with Crippen molar-refractivity contribution in [3.8, 4) is 23.3 Å². The Balaban J connectivity index is 1.92. The van der Waals surface area contributed by atoms with E-state index in [-0.39, 0.29) is 54.8 Å². The van der Waals surface area contributed by atoms with Gasteiger partial charge in [0, 0.05) is 31.3 Å². The summed E-state index contributed by atoms with van der Waals surface area (Å²) in [6.07, 6.45) is -4.77. The van der Waals surface area contributed by atoms with Gasteiger partial charge in [-0.1, -0.05) is 23.7 Å². The summed E-state index contributed by atoms with van der Waals surface area (Å²) in [6, 6.07) is 9.77. The van der Waals surface area contributed by atoms with Crippen molar-refractivity contribution in [3.63, 3.8) is 0 Å². The summed E-state index contributed by atoms with van der Waals surface area (Å²) < 4.78 is 57.0. The van der Waals surface area contributed by atoms with Crippen molar-refractivity contribution < 1.29 is 32.5 Å². The van der Waals surface area contributed by atoms with Crippen LogP contribution in [0.15, 0.2) is 52.1 Å². The molecule has 0 fully saturated rings. The minimum atomic E-state index is -4.94. The van der Waals surface area contributed by atoms with Crippen LogP contribution in [-0.4, -0.2) is 43.9 Å². The number of imidazole rings is 1. The van der Waals surface area contributed by atoms with Crippen LogP contribution < -0.4 is 25.5 Å². The number of hydrogen-bond donors (Lipinski definition) is 1. The number of hydrogen-bond acceptors (Lipinski definition) is 7. The van der Waals surface area contributed by atoms with E-state index in [0.717, 1.165) is 21.3 Å². The van der Waals surface area contributed by atoms with Gasteiger partial charge in [-0.3, -0.25) is 18.5 Å². The van der Waals surface area contributed by atoms with E-state index in [4.69, 9.17) is 21.1 Å². The molecule has 38 heavy (non-hydrogen) atoms. The number of aliphatic hydroxyl groups is 1. The number of alkyl halides is 3. The van der Waals surface area contributed by atoms with Crippen molar-refractivity contribution in [2.75, 3.05) is 13.7 Å². The number of aryl methyl sites for hydroxylation is 1. The summed E-state index contributed by atoms with van der Waals surface area (Å²) in [7, 11) is 2.72. The molecule has 2 aromatic carbocycles. The number of aromatic nitrogens is 4.